The number of hydrogen-bond acceptors (Lipinski definition) is 5. The van der Waals surface area contributed by atoms with E-state index in [1.54, 1.807) is 48.2 Å². The van der Waals surface area contributed by atoms with Crippen LogP contribution in [0, 0.1) is 0 Å². The summed E-state index contributed by atoms with van der Waals surface area (Å²) in [5.74, 6) is 1.06. The van der Waals surface area contributed by atoms with Crippen LogP contribution in [0.2, 0.25) is 0 Å². The molecule has 3 aromatic rings. The van der Waals surface area contributed by atoms with Crippen molar-refractivity contribution in [1.82, 2.24) is 5.32 Å². The molecule has 0 bridgehead atoms. The van der Waals surface area contributed by atoms with Gasteiger partial charge in [0.15, 0.2) is 0 Å². The Bertz CT molecular complexity index is 1100. The first-order chi connectivity index (χ1) is 15.0. The first-order valence-electron chi connectivity index (χ1n) is 9.80. The van der Waals surface area contributed by atoms with Gasteiger partial charge in [-0.15, -0.1) is 11.8 Å². The Labute approximate surface area is 187 Å². The van der Waals surface area contributed by atoms with Gasteiger partial charge in [0.05, 0.1) is 11.5 Å². The van der Waals surface area contributed by atoms with Gasteiger partial charge in [-0.25, -0.2) is 8.42 Å². The van der Waals surface area contributed by atoms with Gasteiger partial charge in [0.1, 0.15) is 5.75 Å². The highest BCUT2D eigenvalue weighted by molar-refractivity contribution is 7.99. The lowest BCUT2D eigenvalue weighted by Gasteiger charge is -2.11. The molecular formula is C23H24N2O4S2. The Morgan fingerprint density at radius 1 is 0.968 bits per heavy atom. The highest BCUT2D eigenvalue weighted by atomic mass is 32.2. The fourth-order valence-electron chi connectivity index (χ4n) is 2.76. The van der Waals surface area contributed by atoms with E-state index in [0.29, 0.717) is 35.9 Å². The topological polar surface area (TPSA) is 84.5 Å². The lowest BCUT2D eigenvalue weighted by Crippen LogP contribution is -2.26. The average molecular weight is 457 g/mol. The van der Waals surface area contributed by atoms with Gasteiger partial charge < -0.3 is 10.1 Å². The Kier molecular flexibility index (Phi) is 7.97. The minimum absolute atomic E-state index is 0.0210. The van der Waals surface area contributed by atoms with E-state index in [2.05, 4.69) is 10.0 Å². The third-order valence-corrected chi connectivity index (χ3v) is 6.62. The van der Waals surface area contributed by atoms with Gasteiger partial charge in [-0.2, -0.15) is 0 Å². The number of nitrogens with one attached hydrogen (secondary N) is 2. The number of anilines is 1. The van der Waals surface area contributed by atoms with Crippen molar-refractivity contribution in [1.29, 1.82) is 0 Å². The molecule has 0 atom stereocenters. The number of carbonyl (C=O) groups is 1. The fraction of sp³-hybridized carbons (Fsp3) is 0.174. The molecule has 0 aliphatic heterocycles. The monoisotopic (exact) mass is 456 g/mol. The fourth-order valence-corrected chi connectivity index (χ4v) is 4.65. The van der Waals surface area contributed by atoms with Crippen LogP contribution in [0.25, 0.3) is 0 Å². The van der Waals surface area contributed by atoms with Crippen molar-refractivity contribution in [3.63, 3.8) is 0 Å². The Morgan fingerprint density at radius 2 is 1.71 bits per heavy atom. The van der Waals surface area contributed by atoms with Crippen LogP contribution in [0.4, 0.5) is 5.69 Å². The molecular weight excluding hydrogens is 432 g/mol. The van der Waals surface area contributed by atoms with E-state index in [9.17, 15) is 13.2 Å². The average Bonchev–Trinajstić information content (AvgIpc) is 2.79. The summed E-state index contributed by atoms with van der Waals surface area (Å²) in [7, 11) is -3.83. The molecule has 31 heavy (non-hydrogen) atoms. The minimum atomic E-state index is -3.83. The Morgan fingerprint density at radius 3 is 2.42 bits per heavy atom. The third-order valence-electron chi connectivity index (χ3n) is 4.22. The summed E-state index contributed by atoms with van der Waals surface area (Å²) in [6.45, 7) is 2.88. The maximum absolute atomic E-state index is 12.7. The zero-order valence-electron chi connectivity index (χ0n) is 17.1. The number of rotatable bonds is 10. The molecule has 0 spiro atoms. The normalized spacial score (nSPS) is 11.0. The number of thioether (sulfide) groups is 1. The molecule has 3 rings (SSSR count). The number of carbonyl (C=O) groups excluding carboxylic acids is 1. The molecule has 8 heteroatoms. The first kappa shape index (κ1) is 22.7. The van der Waals surface area contributed by atoms with E-state index < -0.39 is 10.0 Å². The molecule has 0 radical (unpaired) electrons. The van der Waals surface area contributed by atoms with Crippen LogP contribution in [0.15, 0.2) is 88.7 Å². The van der Waals surface area contributed by atoms with E-state index >= 15 is 0 Å². The quantitative estimate of drug-likeness (QED) is 0.349. The summed E-state index contributed by atoms with van der Waals surface area (Å²) in [6, 6.07) is 22.5. The molecule has 0 fully saturated rings. The molecule has 0 saturated carbocycles. The second kappa shape index (κ2) is 10.9. The highest BCUT2D eigenvalue weighted by Gasteiger charge is 2.16. The van der Waals surface area contributed by atoms with Gasteiger partial charge in [-0.05, 0) is 61.5 Å². The predicted octanol–water partition coefficient (Wildman–Crippen LogP) is 4.41. The summed E-state index contributed by atoms with van der Waals surface area (Å²) in [6.07, 6.45) is 0. The standard InChI is InChI=1S/C23H24N2O4S2/c1-2-29-20-13-11-19(12-14-20)25-31(27,28)22-10-6-7-18(17-22)23(26)24-15-16-30-21-8-4-3-5-9-21/h3-14,17,25H,2,15-16H2,1H3,(H,24,26). The molecule has 0 aromatic heterocycles. The first-order valence-corrected chi connectivity index (χ1v) is 12.3. The number of amides is 1. The molecule has 0 aliphatic rings. The Hall–Kier alpha value is -2.97. The molecule has 6 nitrogen and oxygen atoms in total. The number of ether oxygens (including phenoxy) is 1. The van der Waals surface area contributed by atoms with Crippen molar-refractivity contribution in [3.8, 4) is 5.75 Å². The van der Waals surface area contributed by atoms with Gasteiger partial charge in [0, 0.05) is 28.4 Å². The maximum Gasteiger partial charge on any atom is 0.261 e. The van der Waals surface area contributed by atoms with Crippen molar-refractivity contribution in [3.05, 3.63) is 84.4 Å². The zero-order chi connectivity index (χ0) is 22.1. The molecule has 0 unspecified atom stereocenters. The van der Waals surface area contributed by atoms with Crippen LogP contribution < -0.4 is 14.8 Å². The van der Waals surface area contributed by atoms with Gasteiger partial charge in [-0.3, -0.25) is 9.52 Å². The van der Waals surface area contributed by atoms with Crippen LogP contribution in [-0.2, 0) is 10.0 Å². The third kappa shape index (κ3) is 6.77. The van der Waals surface area contributed by atoms with Gasteiger partial charge in [0.2, 0.25) is 0 Å². The molecule has 0 heterocycles. The van der Waals surface area contributed by atoms with Crippen molar-refractivity contribution in [2.45, 2.75) is 16.7 Å². The lowest BCUT2D eigenvalue weighted by molar-refractivity contribution is 0.0956. The molecule has 2 N–H and O–H groups in total. The molecule has 3 aromatic carbocycles. The number of hydrogen-bond donors (Lipinski definition) is 2. The summed E-state index contributed by atoms with van der Waals surface area (Å²) >= 11 is 1.64. The Balaban J connectivity index is 1.59. The van der Waals surface area contributed by atoms with Crippen molar-refractivity contribution in [2.24, 2.45) is 0 Å². The van der Waals surface area contributed by atoms with Crippen LogP contribution >= 0.6 is 11.8 Å². The lowest BCUT2D eigenvalue weighted by atomic mass is 10.2. The van der Waals surface area contributed by atoms with E-state index in [4.69, 9.17) is 4.74 Å². The molecule has 162 valence electrons. The van der Waals surface area contributed by atoms with Crippen molar-refractivity contribution >= 4 is 33.4 Å². The SMILES string of the molecule is CCOc1ccc(NS(=O)(=O)c2cccc(C(=O)NCCSc3ccccc3)c2)cc1. The second-order valence-electron chi connectivity index (χ2n) is 6.51. The molecule has 0 aliphatic carbocycles. The largest absolute Gasteiger partial charge is 0.494 e. The van der Waals surface area contributed by atoms with Crippen molar-refractivity contribution in [2.75, 3.05) is 23.6 Å². The zero-order valence-corrected chi connectivity index (χ0v) is 18.7. The minimum Gasteiger partial charge on any atom is -0.494 e. The summed E-state index contributed by atoms with van der Waals surface area (Å²) in [4.78, 5) is 13.6. The highest BCUT2D eigenvalue weighted by Crippen LogP contribution is 2.20. The van der Waals surface area contributed by atoms with Crippen LogP contribution in [0.5, 0.6) is 5.75 Å². The summed E-state index contributed by atoms with van der Waals surface area (Å²) in [5, 5.41) is 2.83. The smallest absolute Gasteiger partial charge is 0.261 e. The van der Waals surface area contributed by atoms with E-state index in [0.717, 1.165) is 4.90 Å². The summed E-state index contributed by atoms with van der Waals surface area (Å²) < 4.78 is 33.3. The number of sulfonamides is 1. The van der Waals surface area contributed by atoms with E-state index in [-0.39, 0.29) is 10.8 Å². The molecule has 0 saturated heterocycles. The van der Waals surface area contributed by atoms with Crippen LogP contribution in [0.1, 0.15) is 17.3 Å². The molecule has 1 amide bonds. The van der Waals surface area contributed by atoms with Crippen LogP contribution in [0.3, 0.4) is 0 Å². The predicted molar refractivity (Wildman–Crippen MR) is 124 cm³/mol. The van der Waals surface area contributed by atoms with Gasteiger partial charge >= 0.3 is 0 Å². The van der Waals surface area contributed by atoms with Crippen LogP contribution in [-0.4, -0.2) is 33.2 Å². The summed E-state index contributed by atoms with van der Waals surface area (Å²) in [5.41, 5.74) is 0.704. The number of benzene rings is 3. The second-order valence-corrected chi connectivity index (χ2v) is 9.36. The van der Waals surface area contributed by atoms with Gasteiger partial charge in [0.25, 0.3) is 15.9 Å². The van der Waals surface area contributed by atoms with Gasteiger partial charge in [-0.1, -0.05) is 24.3 Å². The maximum atomic E-state index is 12.7. The van der Waals surface area contributed by atoms with E-state index in [1.165, 1.54) is 12.1 Å². The van der Waals surface area contributed by atoms with Crippen molar-refractivity contribution < 1.29 is 17.9 Å². The van der Waals surface area contributed by atoms with E-state index in [1.807, 2.05) is 37.3 Å².